The van der Waals surface area contributed by atoms with E-state index in [2.05, 4.69) is 25.7 Å². The Labute approximate surface area is 195 Å². The first kappa shape index (κ1) is 25.6. The van der Waals surface area contributed by atoms with Gasteiger partial charge in [0, 0.05) is 38.4 Å². The largest absolute Gasteiger partial charge is 0.416 e. The van der Waals surface area contributed by atoms with Crippen LogP contribution in [-0.2, 0) is 10.9 Å². The van der Waals surface area contributed by atoms with Gasteiger partial charge in [-0.1, -0.05) is 26.8 Å². The zero-order valence-electron chi connectivity index (χ0n) is 19.2. The molecule has 0 spiro atoms. The van der Waals surface area contributed by atoms with E-state index in [4.69, 9.17) is 4.74 Å². The predicted molar refractivity (Wildman–Crippen MR) is 122 cm³/mol. The molecule has 32 heavy (non-hydrogen) atoms. The van der Waals surface area contributed by atoms with Crippen LogP contribution >= 0.6 is 12.4 Å². The van der Waals surface area contributed by atoms with Crippen LogP contribution in [0.25, 0.3) is 0 Å². The topological polar surface area (TPSA) is 35.9 Å². The number of hydrogen-bond donors (Lipinski definition) is 1. The summed E-state index contributed by atoms with van der Waals surface area (Å²) in [5.41, 5.74) is 0.371. The average molecular weight is 477 g/mol. The Morgan fingerprint density at radius 1 is 1.16 bits per heavy atom. The third-order valence-electron chi connectivity index (χ3n) is 7.97. The Morgan fingerprint density at radius 2 is 1.84 bits per heavy atom. The molecule has 3 fully saturated rings. The van der Waals surface area contributed by atoms with Gasteiger partial charge in [0.2, 0.25) is 0 Å². The molecule has 1 aromatic rings. The number of rotatable bonds is 6. The molecule has 1 saturated heterocycles. The molecule has 4 nitrogen and oxygen atoms in total. The molecule has 182 valence electrons. The summed E-state index contributed by atoms with van der Waals surface area (Å²) >= 11 is 0. The molecule has 4 rings (SSSR count). The van der Waals surface area contributed by atoms with Crippen molar-refractivity contribution in [2.24, 2.45) is 16.7 Å². The van der Waals surface area contributed by atoms with Crippen molar-refractivity contribution in [3.05, 3.63) is 29.8 Å². The van der Waals surface area contributed by atoms with Gasteiger partial charge in [-0.2, -0.15) is 13.2 Å². The monoisotopic (exact) mass is 476 g/mol. The third-order valence-corrected chi connectivity index (χ3v) is 7.97. The fraction of sp³-hybridized carbons (Fsp3) is 0.750. The normalized spacial score (nSPS) is 30.9. The first-order valence-corrected chi connectivity index (χ1v) is 11.4. The highest BCUT2D eigenvalue weighted by Gasteiger charge is 2.60. The van der Waals surface area contributed by atoms with Crippen LogP contribution in [-0.4, -0.2) is 61.5 Å². The van der Waals surface area contributed by atoms with E-state index in [1.54, 1.807) is 6.07 Å². The van der Waals surface area contributed by atoms with Crippen molar-refractivity contribution in [2.75, 3.05) is 44.2 Å². The van der Waals surface area contributed by atoms with Crippen molar-refractivity contribution in [3.63, 3.8) is 0 Å². The Morgan fingerprint density at radius 3 is 2.44 bits per heavy atom. The second-order valence-corrected chi connectivity index (χ2v) is 10.6. The molecule has 2 aliphatic carbocycles. The highest BCUT2D eigenvalue weighted by molar-refractivity contribution is 5.85. The molecule has 2 bridgehead atoms. The second-order valence-electron chi connectivity index (χ2n) is 10.6. The Hall–Kier alpha value is -1.02. The van der Waals surface area contributed by atoms with E-state index in [1.807, 2.05) is 4.90 Å². The summed E-state index contributed by atoms with van der Waals surface area (Å²) in [4.78, 5) is 4.15. The first-order chi connectivity index (χ1) is 14.5. The molecule has 0 amide bonds. The number of alkyl halides is 3. The summed E-state index contributed by atoms with van der Waals surface area (Å²) < 4.78 is 45.2. The van der Waals surface area contributed by atoms with Gasteiger partial charge in [0.15, 0.2) is 0 Å². The van der Waals surface area contributed by atoms with Crippen LogP contribution in [0.2, 0.25) is 0 Å². The summed E-state index contributed by atoms with van der Waals surface area (Å²) in [5, 5.41) is 10.6. The lowest BCUT2D eigenvalue weighted by Crippen LogP contribution is -2.50. The van der Waals surface area contributed by atoms with E-state index < -0.39 is 17.8 Å². The minimum atomic E-state index is -4.33. The lowest BCUT2D eigenvalue weighted by atomic mass is 9.70. The summed E-state index contributed by atoms with van der Waals surface area (Å²) in [5.74, 6) is 0.712. The number of anilines is 1. The van der Waals surface area contributed by atoms with Gasteiger partial charge < -0.3 is 14.7 Å². The van der Waals surface area contributed by atoms with E-state index in [0.29, 0.717) is 50.9 Å². The lowest BCUT2D eigenvalue weighted by Gasteiger charge is -2.43. The van der Waals surface area contributed by atoms with Gasteiger partial charge in [-0.25, -0.2) is 0 Å². The van der Waals surface area contributed by atoms with Crippen molar-refractivity contribution < 1.29 is 23.0 Å². The van der Waals surface area contributed by atoms with Crippen LogP contribution in [0.3, 0.4) is 0 Å². The molecule has 1 aliphatic heterocycles. The lowest BCUT2D eigenvalue weighted by molar-refractivity contribution is -0.137. The van der Waals surface area contributed by atoms with Crippen LogP contribution in [0.5, 0.6) is 0 Å². The van der Waals surface area contributed by atoms with Gasteiger partial charge in [0.25, 0.3) is 0 Å². The van der Waals surface area contributed by atoms with Gasteiger partial charge in [-0.05, 0) is 54.2 Å². The Balaban J connectivity index is 0.00000289. The summed E-state index contributed by atoms with van der Waals surface area (Å²) in [6, 6.07) is 5.51. The van der Waals surface area contributed by atoms with Gasteiger partial charge in [0.05, 0.1) is 24.4 Å². The van der Waals surface area contributed by atoms with Crippen LogP contribution < -0.4 is 4.90 Å². The molecule has 1 N–H and O–H groups in total. The standard InChI is InChI=1S/C24H35F3N2O2.ClH/c1-22(2)18-7-8-23(3,14-18)21(22)31-16-20(30)15-28-9-11-29(12-10-28)19-6-4-5-17(13-19)24(25,26)27;/h4-6,13,18,20-21,30H,7-12,14-16H2,1-3H3;1H. The van der Waals surface area contributed by atoms with Crippen LogP contribution in [0.4, 0.5) is 18.9 Å². The molecular weight excluding hydrogens is 441 g/mol. The van der Waals surface area contributed by atoms with Gasteiger partial charge >= 0.3 is 6.18 Å². The fourth-order valence-corrected chi connectivity index (χ4v) is 6.30. The predicted octanol–water partition coefficient (Wildman–Crippen LogP) is 4.84. The van der Waals surface area contributed by atoms with E-state index in [9.17, 15) is 18.3 Å². The number of halogens is 4. The van der Waals surface area contributed by atoms with Crippen molar-refractivity contribution >= 4 is 18.1 Å². The van der Waals surface area contributed by atoms with Crippen molar-refractivity contribution in [2.45, 2.75) is 58.4 Å². The zero-order chi connectivity index (χ0) is 22.4. The van der Waals surface area contributed by atoms with Crippen LogP contribution in [0.15, 0.2) is 24.3 Å². The molecule has 8 heteroatoms. The molecule has 0 radical (unpaired) electrons. The number of piperazine rings is 1. The number of aliphatic hydroxyl groups is 1. The SMILES string of the molecule is CC12CCC(C1)C(C)(C)C2OCC(O)CN1CCN(c2cccc(C(F)(F)F)c2)CC1.Cl. The quantitative estimate of drug-likeness (QED) is 0.637. The Bertz CT molecular complexity index is 778. The summed E-state index contributed by atoms with van der Waals surface area (Å²) in [6.45, 7) is 10.5. The second kappa shape index (κ2) is 9.32. The fourth-order valence-electron chi connectivity index (χ4n) is 6.30. The number of ether oxygens (including phenoxy) is 1. The number of aliphatic hydroxyl groups excluding tert-OH is 1. The summed E-state index contributed by atoms with van der Waals surface area (Å²) in [7, 11) is 0. The maximum absolute atomic E-state index is 13.0. The number of fused-ring (bicyclic) bond motifs is 2. The molecule has 4 unspecified atom stereocenters. The molecular formula is C24H36ClF3N2O2. The number of hydrogen-bond acceptors (Lipinski definition) is 4. The maximum atomic E-state index is 13.0. The minimum Gasteiger partial charge on any atom is -0.389 e. The van der Waals surface area contributed by atoms with E-state index in [1.165, 1.54) is 31.4 Å². The molecule has 2 saturated carbocycles. The van der Waals surface area contributed by atoms with Crippen molar-refractivity contribution in [1.82, 2.24) is 4.90 Å². The number of β-amino-alcohol motifs (C(OH)–C–C–N with tert-alkyl or cyclic N) is 1. The molecule has 1 aromatic carbocycles. The number of benzene rings is 1. The van der Waals surface area contributed by atoms with Crippen molar-refractivity contribution in [1.29, 1.82) is 0 Å². The molecule has 3 aliphatic rings. The Kier molecular flexibility index (Phi) is 7.46. The van der Waals surface area contributed by atoms with Crippen LogP contribution in [0, 0.1) is 16.7 Å². The minimum absolute atomic E-state index is 0. The van der Waals surface area contributed by atoms with Gasteiger partial charge in [-0.15, -0.1) is 12.4 Å². The van der Waals surface area contributed by atoms with Crippen LogP contribution in [0.1, 0.15) is 45.6 Å². The molecule has 4 atom stereocenters. The number of nitrogens with zero attached hydrogens (tertiary/aromatic N) is 2. The average Bonchev–Trinajstić information content (AvgIpc) is 3.19. The van der Waals surface area contributed by atoms with Gasteiger partial charge in [0.1, 0.15) is 0 Å². The maximum Gasteiger partial charge on any atom is 0.416 e. The third kappa shape index (κ3) is 5.06. The van der Waals surface area contributed by atoms with E-state index >= 15 is 0 Å². The smallest absolute Gasteiger partial charge is 0.389 e. The molecule has 1 heterocycles. The van der Waals surface area contributed by atoms with E-state index in [-0.39, 0.29) is 29.3 Å². The highest BCUT2D eigenvalue weighted by Crippen LogP contribution is 2.63. The zero-order valence-corrected chi connectivity index (χ0v) is 20.0. The summed E-state index contributed by atoms with van der Waals surface area (Å²) in [6.07, 6.45) is -0.990. The van der Waals surface area contributed by atoms with Gasteiger partial charge in [-0.3, -0.25) is 4.90 Å². The van der Waals surface area contributed by atoms with E-state index in [0.717, 1.165) is 6.07 Å². The van der Waals surface area contributed by atoms with Crippen molar-refractivity contribution in [3.8, 4) is 0 Å². The molecule has 0 aromatic heterocycles. The highest BCUT2D eigenvalue weighted by atomic mass is 35.5. The first-order valence-electron chi connectivity index (χ1n) is 11.4.